The maximum absolute atomic E-state index is 12.2. The van der Waals surface area contributed by atoms with Gasteiger partial charge in [0, 0.05) is 41.9 Å². The van der Waals surface area contributed by atoms with E-state index in [-0.39, 0.29) is 36.0 Å². The van der Waals surface area contributed by atoms with Crippen LogP contribution in [0.3, 0.4) is 0 Å². The molecule has 9 nitrogen and oxygen atoms in total. The van der Waals surface area contributed by atoms with E-state index in [9.17, 15) is 19.7 Å². The monoisotopic (exact) mass is 355 g/mol. The number of nitrogens with two attached hydrogens (primary N) is 1. The number of nitrogens with zero attached hydrogens (tertiary/aromatic N) is 1. The third kappa shape index (κ3) is 5.13. The molecule has 2 aromatic rings. The molecule has 0 aliphatic carbocycles. The summed E-state index contributed by atoms with van der Waals surface area (Å²) in [4.78, 5) is 34.5. The second kappa shape index (κ2) is 8.38. The maximum Gasteiger partial charge on any atom is 0.270 e. The van der Waals surface area contributed by atoms with Crippen LogP contribution in [0.1, 0.15) is 27.1 Å². The van der Waals surface area contributed by atoms with Crippen LogP contribution in [0.4, 0.5) is 11.4 Å². The molecule has 0 radical (unpaired) electrons. The summed E-state index contributed by atoms with van der Waals surface area (Å²) in [6, 6.07) is 11.6. The fraction of sp³-hybridized carbons (Fsp3) is 0.118. The predicted octanol–water partition coefficient (Wildman–Crippen LogP) is 1.90. The normalized spacial score (nSPS) is 10.0. The molecule has 0 atom stereocenters. The molecule has 0 saturated heterocycles. The molecule has 2 rings (SSSR count). The van der Waals surface area contributed by atoms with Gasteiger partial charge in [-0.05, 0) is 24.3 Å². The molecule has 0 saturated carbocycles. The highest BCUT2D eigenvalue weighted by molar-refractivity contribution is 6.05. The fourth-order valence-electron chi connectivity index (χ4n) is 2.11. The summed E-state index contributed by atoms with van der Waals surface area (Å²) in [5.74, 6) is -0.913. The Bertz CT molecular complexity index is 866. The number of benzene rings is 2. The Labute approximate surface area is 148 Å². The number of nitrogens with one attached hydrogen (secondary N) is 3. The van der Waals surface area contributed by atoms with Crippen LogP contribution in [0.2, 0.25) is 0 Å². The molecule has 0 heterocycles. The summed E-state index contributed by atoms with van der Waals surface area (Å²) < 4.78 is 0. The summed E-state index contributed by atoms with van der Waals surface area (Å²) in [5.41, 5.74) is 5.87. The lowest BCUT2D eigenvalue weighted by atomic mass is 10.1. The number of hydrogen-bond acceptors (Lipinski definition) is 5. The third-order valence-corrected chi connectivity index (χ3v) is 3.38. The molecule has 2 aromatic carbocycles. The van der Waals surface area contributed by atoms with Gasteiger partial charge >= 0.3 is 0 Å². The number of non-ortho nitro benzene ring substituents is 1. The largest absolute Gasteiger partial charge is 0.388 e. The summed E-state index contributed by atoms with van der Waals surface area (Å²) in [5, 5.41) is 23.1. The Morgan fingerprint density at radius 1 is 1.08 bits per heavy atom. The predicted molar refractivity (Wildman–Crippen MR) is 96.4 cm³/mol. The first-order valence-electron chi connectivity index (χ1n) is 7.64. The molecule has 0 aliphatic rings. The molecule has 9 heteroatoms. The Kier molecular flexibility index (Phi) is 5.99. The van der Waals surface area contributed by atoms with Gasteiger partial charge in [-0.25, -0.2) is 0 Å². The molecular formula is C17H17N5O4. The van der Waals surface area contributed by atoms with Crippen molar-refractivity contribution in [2.75, 3.05) is 11.9 Å². The summed E-state index contributed by atoms with van der Waals surface area (Å²) in [6.07, 6.45) is 0.245. The second-order valence-corrected chi connectivity index (χ2v) is 5.37. The first-order chi connectivity index (χ1) is 12.4. The second-order valence-electron chi connectivity index (χ2n) is 5.37. The highest BCUT2D eigenvalue weighted by Crippen LogP contribution is 2.16. The first kappa shape index (κ1) is 18.6. The van der Waals surface area contributed by atoms with Gasteiger partial charge in [-0.2, -0.15) is 0 Å². The van der Waals surface area contributed by atoms with Crippen LogP contribution >= 0.6 is 0 Å². The Morgan fingerprint density at radius 2 is 1.73 bits per heavy atom. The van der Waals surface area contributed by atoms with Crippen molar-refractivity contribution in [3.8, 4) is 0 Å². The fourth-order valence-corrected chi connectivity index (χ4v) is 2.11. The van der Waals surface area contributed by atoms with Crippen LogP contribution in [0, 0.1) is 15.5 Å². The van der Waals surface area contributed by atoms with E-state index < -0.39 is 10.8 Å². The van der Waals surface area contributed by atoms with Crippen LogP contribution < -0.4 is 16.4 Å². The quantitative estimate of drug-likeness (QED) is 0.259. The van der Waals surface area contributed by atoms with E-state index in [1.807, 2.05) is 0 Å². The van der Waals surface area contributed by atoms with E-state index in [2.05, 4.69) is 10.6 Å². The molecule has 5 N–H and O–H groups in total. The first-order valence-corrected chi connectivity index (χ1v) is 7.64. The molecule has 0 spiro atoms. The van der Waals surface area contributed by atoms with E-state index in [0.29, 0.717) is 11.3 Å². The SMILES string of the molecule is N=C(N)CCNC(=O)c1cccc(NC(=O)c2cccc([N+](=O)[O-])c2)c1. The minimum Gasteiger partial charge on any atom is -0.388 e. The Balaban J connectivity index is 2.07. The average molecular weight is 355 g/mol. The van der Waals surface area contributed by atoms with Gasteiger partial charge in [0.2, 0.25) is 0 Å². The molecule has 0 aromatic heterocycles. The summed E-state index contributed by atoms with van der Waals surface area (Å²) >= 11 is 0. The van der Waals surface area contributed by atoms with Gasteiger partial charge in [-0.1, -0.05) is 12.1 Å². The van der Waals surface area contributed by atoms with Crippen LogP contribution in [-0.2, 0) is 0 Å². The molecular weight excluding hydrogens is 338 g/mol. The lowest BCUT2D eigenvalue weighted by Crippen LogP contribution is -2.27. The number of amidine groups is 1. The van der Waals surface area contributed by atoms with Crippen molar-refractivity contribution in [1.29, 1.82) is 5.41 Å². The molecule has 134 valence electrons. The number of carbonyl (C=O) groups is 2. The van der Waals surface area contributed by atoms with Crippen LogP contribution in [0.5, 0.6) is 0 Å². The smallest absolute Gasteiger partial charge is 0.270 e. The van der Waals surface area contributed by atoms with Crippen LogP contribution in [-0.4, -0.2) is 29.1 Å². The van der Waals surface area contributed by atoms with Gasteiger partial charge in [0.25, 0.3) is 17.5 Å². The van der Waals surface area contributed by atoms with Gasteiger partial charge in [-0.15, -0.1) is 0 Å². The topological polar surface area (TPSA) is 151 Å². The average Bonchev–Trinajstić information content (AvgIpc) is 2.61. The zero-order valence-corrected chi connectivity index (χ0v) is 13.7. The number of anilines is 1. The van der Waals surface area contributed by atoms with Crippen molar-refractivity contribution in [3.63, 3.8) is 0 Å². The zero-order chi connectivity index (χ0) is 19.1. The molecule has 26 heavy (non-hydrogen) atoms. The van der Waals surface area contributed by atoms with E-state index in [1.165, 1.54) is 30.3 Å². The van der Waals surface area contributed by atoms with Crippen molar-refractivity contribution >= 4 is 29.0 Å². The molecule has 0 fully saturated rings. The van der Waals surface area contributed by atoms with Gasteiger partial charge in [0.1, 0.15) is 0 Å². The van der Waals surface area contributed by atoms with Crippen molar-refractivity contribution in [3.05, 3.63) is 69.8 Å². The van der Waals surface area contributed by atoms with E-state index in [4.69, 9.17) is 11.1 Å². The molecule has 0 bridgehead atoms. The van der Waals surface area contributed by atoms with Crippen LogP contribution in [0.15, 0.2) is 48.5 Å². The van der Waals surface area contributed by atoms with E-state index in [0.717, 1.165) is 0 Å². The minimum absolute atomic E-state index is 0.0248. The lowest BCUT2D eigenvalue weighted by Gasteiger charge is -2.08. The highest BCUT2D eigenvalue weighted by Gasteiger charge is 2.12. The third-order valence-electron chi connectivity index (χ3n) is 3.38. The number of carbonyl (C=O) groups excluding carboxylic acids is 2. The van der Waals surface area contributed by atoms with Crippen molar-refractivity contribution in [2.24, 2.45) is 5.73 Å². The molecule has 2 amide bonds. The van der Waals surface area contributed by atoms with Crippen molar-refractivity contribution in [2.45, 2.75) is 6.42 Å². The van der Waals surface area contributed by atoms with Gasteiger partial charge in [0.05, 0.1) is 10.8 Å². The molecule has 0 unspecified atom stereocenters. The number of rotatable bonds is 7. The number of nitro benzene ring substituents is 1. The number of nitro groups is 1. The molecule has 0 aliphatic heterocycles. The van der Waals surface area contributed by atoms with Gasteiger partial charge in [-0.3, -0.25) is 25.1 Å². The van der Waals surface area contributed by atoms with Crippen molar-refractivity contribution < 1.29 is 14.5 Å². The van der Waals surface area contributed by atoms with Gasteiger partial charge in [0.15, 0.2) is 0 Å². The lowest BCUT2D eigenvalue weighted by molar-refractivity contribution is -0.384. The summed E-state index contributed by atoms with van der Waals surface area (Å²) in [6.45, 7) is 0.235. The minimum atomic E-state index is -0.581. The van der Waals surface area contributed by atoms with E-state index in [1.54, 1.807) is 18.2 Å². The van der Waals surface area contributed by atoms with Gasteiger partial charge < -0.3 is 16.4 Å². The van der Waals surface area contributed by atoms with E-state index >= 15 is 0 Å². The maximum atomic E-state index is 12.2. The standard InChI is InChI=1S/C17H17N5O4/c18-15(19)7-8-20-16(23)11-3-1-5-13(9-11)21-17(24)12-4-2-6-14(10-12)22(25)26/h1-6,9-10H,7-8H2,(H3,18,19)(H,20,23)(H,21,24). The Morgan fingerprint density at radius 3 is 2.38 bits per heavy atom. The zero-order valence-electron chi connectivity index (χ0n) is 13.7. The summed E-state index contributed by atoms with van der Waals surface area (Å²) in [7, 11) is 0. The highest BCUT2D eigenvalue weighted by atomic mass is 16.6. The Hall–Kier alpha value is -3.75. The number of amides is 2. The van der Waals surface area contributed by atoms with Crippen LogP contribution in [0.25, 0.3) is 0 Å². The van der Waals surface area contributed by atoms with Crippen molar-refractivity contribution in [1.82, 2.24) is 5.32 Å². The number of hydrogen-bond donors (Lipinski definition) is 4.